The number of rotatable bonds is 4. The molecular formula is C18H17Cl2NO4. The molecule has 1 N–H and O–H groups in total. The molecule has 1 unspecified atom stereocenters. The maximum atomic E-state index is 12.3. The number of anilines is 1. The molecule has 0 saturated carbocycles. The van der Waals surface area contributed by atoms with Gasteiger partial charge in [-0.2, -0.15) is 0 Å². The SMILES string of the molecule is COc1cc2c(c(OC)c1OC)C(c1cccc(Cl)c1Cl)CC(=O)N2. The van der Waals surface area contributed by atoms with Gasteiger partial charge in [-0.1, -0.05) is 35.3 Å². The van der Waals surface area contributed by atoms with Crippen molar-refractivity contribution in [2.75, 3.05) is 26.6 Å². The molecule has 1 amide bonds. The van der Waals surface area contributed by atoms with Crippen LogP contribution in [-0.2, 0) is 4.79 Å². The third-order valence-electron chi connectivity index (χ3n) is 4.24. The van der Waals surface area contributed by atoms with Crippen molar-refractivity contribution in [2.45, 2.75) is 12.3 Å². The Balaban J connectivity index is 2.29. The molecule has 0 radical (unpaired) electrons. The van der Waals surface area contributed by atoms with Crippen molar-refractivity contribution < 1.29 is 19.0 Å². The molecular weight excluding hydrogens is 365 g/mol. The first-order valence-electron chi connectivity index (χ1n) is 7.58. The van der Waals surface area contributed by atoms with Crippen LogP contribution < -0.4 is 19.5 Å². The van der Waals surface area contributed by atoms with Gasteiger partial charge in [0.25, 0.3) is 0 Å². The Morgan fingerprint density at radius 1 is 1.08 bits per heavy atom. The van der Waals surface area contributed by atoms with E-state index in [9.17, 15) is 4.79 Å². The van der Waals surface area contributed by atoms with E-state index in [2.05, 4.69) is 5.32 Å². The summed E-state index contributed by atoms with van der Waals surface area (Å²) in [6.07, 6.45) is 0.221. The molecule has 2 aromatic carbocycles. The molecule has 0 aromatic heterocycles. The standard InChI is InChI=1S/C18H17Cl2NO4/c1-23-13-8-12-15(18(25-3)17(13)24-2)10(7-14(22)21-12)9-5-4-6-11(19)16(9)20/h4-6,8,10H,7H2,1-3H3,(H,21,22). The molecule has 132 valence electrons. The first-order chi connectivity index (χ1) is 12.0. The minimum Gasteiger partial charge on any atom is -0.493 e. The normalized spacial score (nSPS) is 16.0. The summed E-state index contributed by atoms with van der Waals surface area (Å²) in [5.74, 6) is 0.990. The van der Waals surface area contributed by atoms with Gasteiger partial charge in [0.1, 0.15) is 0 Å². The number of hydrogen-bond acceptors (Lipinski definition) is 4. The monoisotopic (exact) mass is 381 g/mol. The highest BCUT2D eigenvalue weighted by atomic mass is 35.5. The lowest BCUT2D eigenvalue weighted by molar-refractivity contribution is -0.116. The maximum absolute atomic E-state index is 12.3. The Bertz CT molecular complexity index is 838. The van der Waals surface area contributed by atoms with Gasteiger partial charge in [0.15, 0.2) is 11.5 Å². The number of halogens is 2. The molecule has 0 spiro atoms. The van der Waals surface area contributed by atoms with Gasteiger partial charge < -0.3 is 19.5 Å². The van der Waals surface area contributed by atoms with Crippen LogP contribution in [0.1, 0.15) is 23.5 Å². The second-order valence-electron chi connectivity index (χ2n) is 5.55. The summed E-state index contributed by atoms with van der Waals surface area (Å²) in [5, 5.41) is 3.72. The molecule has 1 aliphatic rings. The lowest BCUT2D eigenvalue weighted by Crippen LogP contribution is -2.24. The first kappa shape index (κ1) is 17.7. The number of ether oxygens (including phenoxy) is 3. The molecule has 5 nitrogen and oxygen atoms in total. The first-order valence-corrected chi connectivity index (χ1v) is 8.34. The van der Waals surface area contributed by atoms with Gasteiger partial charge >= 0.3 is 0 Å². The predicted octanol–water partition coefficient (Wildman–Crippen LogP) is 4.49. The van der Waals surface area contributed by atoms with Crippen molar-refractivity contribution >= 4 is 34.8 Å². The summed E-state index contributed by atoms with van der Waals surface area (Å²) in [7, 11) is 4.61. The fourth-order valence-electron chi connectivity index (χ4n) is 3.17. The predicted molar refractivity (Wildman–Crippen MR) is 97.6 cm³/mol. The van der Waals surface area contributed by atoms with Crippen molar-refractivity contribution in [2.24, 2.45) is 0 Å². The number of benzene rings is 2. The number of methoxy groups -OCH3 is 3. The molecule has 2 aromatic rings. The van der Waals surface area contributed by atoms with Crippen LogP contribution in [0.3, 0.4) is 0 Å². The van der Waals surface area contributed by atoms with Gasteiger partial charge in [0, 0.05) is 24.0 Å². The van der Waals surface area contributed by atoms with Crippen LogP contribution in [0.15, 0.2) is 24.3 Å². The summed E-state index contributed by atoms with van der Waals surface area (Å²) in [6, 6.07) is 7.10. The van der Waals surface area contributed by atoms with Gasteiger partial charge in [-0.25, -0.2) is 0 Å². The Kier molecular flexibility index (Phi) is 4.97. The zero-order valence-electron chi connectivity index (χ0n) is 14.0. The Morgan fingerprint density at radius 2 is 1.80 bits per heavy atom. The number of nitrogens with one attached hydrogen (secondary N) is 1. The van der Waals surface area contributed by atoms with Gasteiger partial charge in [-0.05, 0) is 11.6 Å². The molecule has 0 bridgehead atoms. The molecule has 1 atom stereocenters. The molecule has 3 rings (SSSR count). The van der Waals surface area contributed by atoms with E-state index in [0.29, 0.717) is 33.0 Å². The van der Waals surface area contributed by atoms with E-state index in [1.54, 1.807) is 19.2 Å². The average molecular weight is 382 g/mol. The molecule has 7 heteroatoms. The summed E-state index contributed by atoms with van der Waals surface area (Å²) < 4.78 is 16.4. The number of fused-ring (bicyclic) bond motifs is 1. The zero-order chi connectivity index (χ0) is 18.1. The molecule has 1 heterocycles. The summed E-state index contributed by atoms with van der Waals surface area (Å²) in [5.41, 5.74) is 2.14. The number of hydrogen-bond donors (Lipinski definition) is 1. The minimum atomic E-state index is -0.315. The quantitative estimate of drug-likeness (QED) is 0.847. The second-order valence-corrected chi connectivity index (χ2v) is 6.34. The van der Waals surface area contributed by atoms with E-state index in [-0.39, 0.29) is 18.2 Å². The van der Waals surface area contributed by atoms with Crippen molar-refractivity contribution in [3.05, 3.63) is 45.4 Å². The number of carbonyl (C=O) groups excluding carboxylic acids is 1. The van der Waals surface area contributed by atoms with Crippen molar-refractivity contribution in [3.63, 3.8) is 0 Å². The van der Waals surface area contributed by atoms with Gasteiger partial charge in [0.2, 0.25) is 11.7 Å². The molecule has 25 heavy (non-hydrogen) atoms. The summed E-state index contributed by atoms with van der Waals surface area (Å²) >= 11 is 12.6. The van der Waals surface area contributed by atoms with E-state index in [0.717, 1.165) is 11.1 Å². The molecule has 1 aliphatic heterocycles. The summed E-state index contributed by atoms with van der Waals surface area (Å²) in [6.45, 7) is 0. The van der Waals surface area contributed by atoms with Gasteiger partial charge in [-0.15, -0.1) is 0 Å². The molecule has 0 fully saturated rings. The third-order valence-corrected chi connectivity index (χ3v) is 5.07. The average Bonchev–Trinajstić information content (AvgIpc) is 2.61. The van der Waals surface area contributed by atoms with Crippen LogP contribution in [-0.4, -0.2) is 27.2 Å². The second kappa shape index (κ2) is 7.02. The van der Waals surface area contributed by atoms with Crippen LogP contribution in [0.2, 0.25) is 10.0 Å². The highest BCUT2D eigenvalue weighted by molar-refractivity contribution is 6.42. The van der Waals surface area contributed by atoms with E-state index in [4.69, 9.17) is 37.4 Å². The fourth-order valence-corrected chi connectivity index (χ4v) is 3.61. The lowest BCUT2D eigenvalue weighted by Gasteiger charge is -2.30. The topological polar surface area (TPSA) is 56.8 Å². The molecule has 0 aliphatic carbocycles. The van der Waals surface area contributed by atoms with E-state index < -0.39 is 0 Å². The fraction of sp³-hybridized carbons (Fsp3) is 0.278. The van der Waals surface area contributed by atoms with Crippen LogP contribution >= 0.6 is 23.2 Å². The van der Waals surface area contributed by atoms with Crippen LogP contribution in [0.5, 0.6) is 17.2 Å². The van der Waals surface area contributed by atoms with Gasteiger partial charge in [-0.3, -0.25) is 4.79 Å². The Labute approximate surface area is 155 Å². The summed E-state index contributed by atoms with van der Waals surface area (Å²) in [4.78, 5) is 12.3. The lowest BCUT2D eigenvalue weighted by atomic mass is 9.83. The number of amides is 1. The number of carbonyl (C=O) groups is 1. The largest absolute Gasteiger partial charge is 0.493 e. The molecule has 0 saturated heterocycles. The highest BCUT2D eigenvalue weighted by Crippen LogP contribution is 2.52. The Morgan fingerprint density at radius 3 is 2.44 bits per heavy atom. The van der Waals surface area contributed by atoms with Gasteiger partial charge in [0.05, 0.1) is 37.1 Å². The van der Waals surface area contributed by atoms with Crippen molar-refractivity contribution in [1.29, 1.82) is 0 Å². The Hall–Kier alpha value is -2.11. The van der Waals surface area contributed by atoms with E-state index in [1.807, 2.05) is 12.1 Å². The maximum Gasteiger partial charge on any atom is 0.225 e. The van der Waals surface area contributed by atoms with Crippen LogP contribution in [0.25, 0.3) is 0 Å². The van der Waals surface area contributed by atoms with Crippen molar-refractivity contribution in [3.8, 4) is 17.2 Å². The van der Waals surface area contributed by atoms with Crippen molar-refractivity contribution in [1.82, 2.24) is 0 Å². The third kappa shape index (κ3) is 2.98. The smallest absolute Gasteiger partial charge is 0.225 e. The van der Waals surface area contributed by atoms with E-state index in [1.165, 1.54) is 14.2 Å². The minimum absolute atomic E-state index is 0.122. The highest BCUT2D eigenvalue weighted by Gasteiger charge is 2.34. The van der Waals surface area contributed by atoms with Crippen LogP contribution in [0.4, 0.5) is 5.69 Å². The zero-order valence-corrected chi connectivity index (χ0v) is 15.5. The van der Waals surface area contributed by atoms with E-state index >= 15 is 0 Å². The van der Waals surface area contributed by atoms with Crippen LogP contribution in [0, 0.1) is 0 Å².